The van der Waals surface area contributed by atoms with E-state index in [9.17, 15) is 0 Å². The maximum Gasteiger partial charge on any atom is 0.0213 e. The molecule has 0 aliphatic heterocycles. The summed E-state index contributed by atoms with van der Waals surface area (Å²) in [5, 5.41) is 0. The van der Waals surface area contributed by atoms with Crippen LogP contribution in [0.15, 0.2) is 68.9 Å². The summed E-state index contributed by atoms with van der Waals surface area (Å²) in [6, 6.07) is 0. The number of hydrogen-bond acceptors (Lipinski definition) is 0. The van der Waals surface area contributed by atoms with Gasteiger partial charge in [-0.15, -0.1) is 0 Å². The van der Waals surface area contributed by atoms with Crippen LogP contribution in [0.4, 0.5) is 0 Å². The molecule has 0 bridgehead atoms. The van der Waals surface area contributed by atoms with E-state index in [1.165, 1.54) is 44.6 Å². The van der Waals surface area contributed by atoms with Crippen LogP contribution in [-0.2, 0) is 51.7 Å². The van der Waals surface area contributed by atoms with Crippen molar-refractivity contribution in [2.75, 3.05) is 0 Å². The molecule has 4 aliphatic carbocycles. The van der Waals surface area contributed by atoms with E-state index in [0.29, 0.717) is 23.7 Å². The van der Waals surface area contributed by atoms with Gasteiger partial charge >= 0.3 is 0 Å². The summed E-state index contributed by atoms with van der Waals surface area (Å²) in [7, 11) is 1.50. The SMILES string of the molecule is CC1=[C-]C(C)C(C)=C1.CC1=[C-]C(C)C(C)=C1.CC1=[C-]C(C)C(C)=C1.CC1=[C-]C(C)C(C)=C1.C[SiH]C.C[SiH]C.[Cl-].[Cl-].[Hf].[Hf]. The zero-order valence-electron chi connectivity index (χ0n) is 29.5. The molecule has 2 radical (unpaired) electrons. The van der Waals surface area contributed by atoms with Crippen LogP contribution in [-0.4, -0.2) is 19.0 Å². The Morgan fingerprint density at radius 2 is 0.524 bits per heavy atom. The van der Waals surface area contributed by atoms with Gasteiger partial charge in [0.25, 0.3) is 0 Å². The van der Waals surface area contributed by atoms with Crippen LogP contribution in [0.5, 0.6) is 0 Å². The zero-order chi connectivity index (χ0) is 30.0. The smallest absolute Gasteiger partial charge is 0.0213 e. The molecule has 0 saturated heterocycles. The van der Waals surface area contributed by atoms with Crippen molar-refractivity contribution >= 4 is 19.0 Å². The molecule has 238 valence electrons. The van der Waals surface area contributed by atoms with Crippen molar-refractivity contribution in [3.8, 4) is 0 Å². The fraction of sp³-hybridized carbons (Fsp3) is 0.556. The van der Waals surface area contributed by atoms with Gasteiger partial charge in [0.1, 0.15) is 0 Å². The molecular formula is C36H58Cl2Hf2Si2-6. The molecule has 0 amide bonds. The van der Waals surface area contributed by atoms with Crippen molar-refractivity contribution in [3.05, 3.63) is 93.2 Å². The summed E-state index contributed by atoms with van der Waals surface area (Å²) in [4.78, 5) is 0. The number of halogens is 2. The zero-order valence-corrected chi connectivity index (χ0v) is 40.5. The molecule has 0 aromatic carbocycles. The fourth-order valence-electron chi connectivity index (χ4n) is 3.85. The number of allylic oxidation sites excluding steroid dienone is 16. The Hall–Kier alpha value is 0.674. The molecule has 4 rings (SSSR count). The minimum Gasteiger partial charge on any atom is -1.00 e. The second-order valence-corrected chi connectivity index (χ2v) is 13.2. The predicted octanol–water partition coefficient (Wildman–Crippen LogP) is 4.37. The van der Waals surface area contributed by atoms with E-state index < -0.39 is 0 Å². The number of hydrogen-bond donors (Lipinski definition) is 0. The van der Waals surface area contributed by atoms with E-state index in [1.807, 2.05) is 0 Å². The summed E-state index contributed by atoms with van der Waals surface area (Å²) in [5.41, 5.74) is 10.9. The van der Waals surface area contributed by atoms with Crippen LogP contribution >= 0.6 is 0 Å². The molecule has 42 heavy (non-hydrogen) atoms. The first kappa shape index (κ1) is 55.1. The van der Waals surface area contributed by atoms with Gasteiger partial charge in [-0.3, -0.25) is 24.3 Å². The third-order valence-electron chi connectivity index (χ3n) is 6.29. The van der Waals surface area contributed by atoms with E-state index in [4.69, 9.17) is 0 Å². The minimum absolute atomic E-state index is 0. The van der Waals surface area contributed by atoms with Crippen molar-refractivity contribution in [1.29, 1.82) is 0 Å². The van der Waals surface area contributed by atoms with Crippen LogP contribution in [0.3, 0.4) is 0 Å². The van der Waals surface area contributed by atoms with Gasteiger partial charge in [0, 0.05) is 70.7 Å². The largest absolute Gasteiger partial charge is 1.00 e. The van der Waals surface area contributed by atoms with Crippen LogP contribution in [0, 0.1) is 48.0 Å². The van der Waals surface area contributed by atoms with Crippen molar-refractivity contribution in [2.24, 2.45) is 23.7 Å². The molecule has 0 aromatic rings. The maximum atomic E-state index is 3.29. The van der Waals surface area contributed by atoms with Crippen molar-refractivity contribution in [1.82, 2.24) is 0 Å². The standard InChI is InChI=1S/4C8H11.2C2H7Si.2ClH.2Hf/c4*1-6-4-7(2)8(3)5-6;2*1-3-2;;;;/h4*4,8H,1-3H3;2*3H,1-2H3;2*1H;;/q4*-1;;;;;;/p-2. The van der Waals surface area contributed by atoms with E-state index in [1.54, 1.807) is 0 Å². The number of rotatable bonds is 0. The summed E-state index contributed by atoms with van der Waals surface area (Å²) >= 11 is 0. The summed E-state index contributed by atoms with van der Waals surface area (Å²) in [6.45, 7) is 34.5. The van der Waals surface area contributed by atoms with Gasteiger partial charge in [-0.2, -0.15) is 22.3 Å². The van der Waals surface area contributed by atoms with Gasteiger partial charge in [-0.1, -0.05) is 133 Å². The predicted molar refractivity (Wildman–Crippen MR) is 179 cm³/mol. The summed E-state index contributed by atoms with van der Waals surface area (Å²) in [5.74, 6) is 2.26. The minimum atomic E-state index is 0. The second kappa shape index (κ2) is 31.6. The quantitative estimate of drug-likeness (QED) is 0.251. The van der Waals surface area contributed by atoms with Gasteiger partial charge in [-0.25, -0.2) is 46.6 Å². The summed E-state index contributed by atoms with van der Waals surface area (Å²) < 4.78 is 0. The third kappa shape index (κ3) is 27.0. The Morgan fingerprint density at radius 3 is 0.548 bits per heavy atom. The van der Waals surface area contributed by atoms with E-state index in [0.717, 1.165) is 19.0 Å². The van der Waals surface area contributed by atoms with Gasteiger partial charge in [0.15, 0.2) is 0 Å². The average Bonchev–Trinajstić information content (AvgIpc) is 3.46. The molecule has 0 saturated carbocycles. The molecule has 4 unspecified atom stereocenters. The fourth-order valence-corrected chi connectivity index (χ4v) is 3.85. The van der Waals surface area contributed by atoms with Crippen LogP contribution < -0.4 is 24.8 Å². The Balaban J connectivity index is -0.0000000939. The first-order valence-electron chi connectivity index (χ1n) is 14.2. The van der Waals surface area contributed by atoms with Gasteiger partial charge in [-0.05, 0) is 0 Å². The Morgan fingerprint density at radius 1 is 0.405 bits per heavy atom. The molecule has 0 heterocycles. The third-order valence-corrected chi connectivity index (χ3v) is 6.29. The van der Waals surface area contributed by atoms with Gasteiger partial charge in [0.05, 0.1) is 0 Å². The molecule has 0 aromatic heterocycles. The second-order valence-electron chi connectivity index (χ2n) is 10.9. The molecular weight excluding hydrogens is 916 g/mol. The molecule has 4 atom stereocenters. The molecule has 0 fully saturated rings. The van der Waals surface area contributed by atoms with Crippen molar-refractivity contribution in [2.45, 2.75) is 109 Å². The summed E-state index contributed by atoms with van der Waals surface area (Å²) in [6.07, 6.45) is 21.9. The van der Waals surface area contributed by atoms with E-state index >= 15 is 0 Å². The Kier molecular flexibility index (Phi) is 41.5. The Bertz CT molecular complexity index is 813. The monoisotopic (exact) mass is 976 g/mol. The van der Waals surface area contributed by atoms with Crippen LogP contribution in [0.2, 0.25) is 26.2 Å². The van der Waals surface area contributed by atoms with Crippen molar-refractivity contribution < 1.29 is 76.5 Å². The average molecular weight is 975 g/mol. The molecule has 0 nitrogen and oxygen atoms in total. The molecule has 0 N–H and O–H groups in total. The van der Waals surface area contributed by atoms with Crippen LogP contribution in [0.1, 0.15) is 83.1 Å². The molecule has 6 heteroatoms. The Labute approximate surface area is 318 Å². The first-order chi connectivity index (χ1) is 17.6. The van der Waals surface area contributed by atoms with E-state index in [-0.39, 0.29) is 76.5 Å². The van der Waals surface area contributed by atoms with Gasteiger partial charge < -0.3 is 24.8 Å². The van der Waals surface area contributed by atoms with Crippen molar-refractivity contribution in [3.63, 3.8) is 0 Å². The van der Waals surface area contributed by atoms with Gasteiger partial charge in [0.2, 0.25) is 0 Å². The normalized spacial score (nSPS) is 21.9. The first-order valence-corrected chi connectivity index (χ1v) is 18.9. The molecule has 4 aliphatic rings. The van der Waals surface area contributed by atoms with Crippen LogP contribution in [0.25, 0.3) is 0 Å². The van der Waals surface area contributed by atoms with E-state index in [2.05, 4.69) is 158 Å². The topological polar surface area (TPSA) is 0 Å². The maximum absolute atomic E-state index is 3.29. The molecule has 0 spiro atoms.